The summed E-state index contributed by atoms with van der Waals surface area (Å²) in [6.07, 6.45) is 0. The van der Waals surface area contributed by atoms with Crippen molar-refractivity contribution < 1.29 is 14.2 Å². The number of rotatable bonds is 3. The summed E-state index contributed by atoms with van der Waals surface area (Å²) in [5.41, 5.74) is 0.408. The van der Waals surface area contributed by atoms with Crippen molar-refractivity contribution in [1.82, 2.24) is 0 Å². The Bertz CT molecular complexity index is 368. The van der Waals surface area contributed by atoms with E-state index in [1.807, 2.05) is 0 Å². The summed E-state index contributed by atoms with van der Waals surface area (Å²) in [7, 11) is 4.54. The Kier molecular flexibility index (Phi) is 3.19. The van der Waals surface area contributed by atoms with Gasteiger partial charge in [-0.25, -0.2) is 4.85 Å². The van der Waals surface area contributed by atoms with Crippen molar-refractivity contribution in [3.8, 4) is 17.2 Å². The lowest BCUT2D eigenvalue weighted by atomic mass is 10.2. The van der Waals surface area contributed by atoms with Gasteiger partial charge in [-0.2, -0.15) is 0 Å². The van der Waals surface area contributed by atoms with Crippen molar-refractivity contribution in [3.63, 3.8) is 0 Å². The van der Waals surface area contributed by atoms with Gasteiger partial charge in [0, 0.05) is 0 Å². The van der Waals surface area contributed by atoms with Gasteiger partial charge in [-0.15, -0.1) is 0 Å². The molecule has 0 aliphatic heterocycles. The van der Waals surface area contributed by atoms with Crippen molar-refractivity contribution in [1.29, 1.82) is 0 Å². The molecule has 1 rings (SSSR count). The molecule has 14 heavy (non-hydrogen) atoms. The molecule has 0 aliphatic rings. The Morgan fingerprint density at radius 1 is 1.00 bits per heavy atom. The normalized spacial score (nSPS) is 9.00. The first-order chi connectivity index (χ1) is 6.78. The average molecular weight is 193 g/mol. The molecular formula is C10H11NO3. The summed E-state index contributed by atoms with van der Waals surface area (Å²) in [5, 5.41) is 0. The van der Waals surface area contributed by atoms with E-state index in [1.54, 1.807) is 12.1 Å². The minimum Gasteiger partial charge on any atom is -0.504 e. The number of hydrogen-bond donors (Lipinski definition) is 0. The van der Waals surface area contributed by atoms with Crippen LogP contribution in [0.25, 0.3) is 4.85 Å². The molecule has 0 aliphatic carbocycles. The van der Waals surface area contributed by atoms with E-state index in [-0.39, 0.29) is 0 Å². The third-order valence-corrected chi connectivity index (χ3v) is 1.80. The first-order valence-corrected chi connectivity index (χ1v) is 3.95. The van der Waals surface area contributed by atoms with E-state index in [0.29, 0.717) is 22.9 Å². The van der Waals surface area contributed by atoms with Crippen LogP contribution in [-0.4, -0.2) is 21.3 Å². The molecule has 1 aromatic carbocycles. The van der Waals surface area contributed by atoms with Crippen LogP contribution < -0.4 is 14.2 Å². The SMILES string of the molecule is [C-]#[N+]c1ccc(OC)c(OC)c1OC. The average Bonchev–Trinajstić information content (AvgIpc) is 2.26. The van der Waals surface area contributed by atoms with Crippen molar-refractivity contribution in [2.45, 2.75) is 0 Å². The second-order valence-corrected chi connectivity index (χ2v) is 2.47. The standard InChI is InChI=1S/C10H11NO3/c1-11-7-5-6-8(12-2)10(14-4)9(7)13-3/h5-6H,2-4H3. The lowest BCUT2D eigenvalue weighted by Gasteiger charge is -2.12. The fourth-order valence-electron chi connectivity index (χ4n) is 1.17. The minimum atomic E-state index is 0.404. The molecule has 0 heterocycles. The van der Waals surface area contributed by atoms with Crippen LogP contribution in [0.4, 0.5) is 5.69 Å². The molecule has 0 atom stereocenters. The van der Waals surface area contributed by atoms with Crippen LogP contribution in [0.3, 0.4) is 0 Å². The molecule has 0 fully saturated rings. The van der Waals surface area contributed by atoms with Crippen LogP contribution in [0.2, 0.25) is 0 Å². The smallest absolute Gasteiger partial charge is 0.232 e. The van der Waals surface area contributed by atoms with Crippen molar-refractivity contribution in [3.05, 3.63) is 23.5 Å². The van der Waals surface area contributed by atoms with Crippen LogP contribution in [0, 0.1) is 6.57 Å². The number of nitrogens with zero attached hydrogens (tertiary/aromatic N) is 1. The van der Waals surface area contributed by atoms with Gasteiger partial charge in [0.1, 0.15) is 0 Å². The molecule has 0 unspecified atom stereocenters. The molecule has 0 spiro atoms. The highest BCUT2D eigenvalue weighted by atomic mass is 16.5. The fourth-order valence-corrected chi connectivity index (χ4v) is 1.17. The van der Waals surface area contributed by atoms with E-state index in [0.717, 1.165) is 0 Å². The Morgan fingerprint density at radius 3 is 2.07 bits per heavy atom. The van der Waals surface area contributed by atoms with Gasteiger partial charge in [-0.05, 0) is 12.1 Å². The van der Waals surface area contributed by atoms with E-state index in [9.17, 15) is 0 Å². The third-order valence-electron chi connectivity index (χ3n) is 1.80. The zero-order valence-corrected chi connectivity index (χ0v) is 8.33. The lowest BCUT2D eigenvalue weighted by molar-refractivity contribution is 0.325. The topological polar surface area (TPSA) is 32.0 Å². The number of benzene rings is 1. The molecule has 0 amide bonds. The van der Waals surface area contributed by atoms with E-state index in [1.165, 1.54) is 21.3 Å². The van der Waals surface area contributed by atoms with E-state index in [2.05, 4.69) is 4.85 Å². The fraction of sp³-hybridized carbons (Fsp3) is 0.300. The molecule has 4 heteroatoms. The van der Waals surface area contributed by atoms with Gasteiger partial charge in [-0.1, -0.05) is 0 Å². The van der Waals surface area contributed by atoms with Gasteiger partial charge in [-0.3, -0.25) is 0 Å². The highest BCUT2D eigenvalue weighted by Gasteiger charge is 2.14. The van der Waals surface area contributed by atoms with E-state index in [4.69, 9.17) is 20.8 Å². The number of methoxy groups -OCH3 is 3. The molecule has 0 N–H and O–H groups in total. The Balaban J connectivity index is 3.38. The Hall–Kier alpha value is -1.89. The van der Waals surface area contributed by atoms with Crippen LogP contribution in [0.5, 0.6) is 17.2 Å². The van der Waals surface area contributed by atoms with E-state index < -0.39 is 0 Å². The maximum Gasteiger partial charge on any atom is 0.232 e. The van der Waals surface area contributed by atoms with Crippen molar-refractivity contribution >= 4 is 5.69 Å². The monoisotopic (exact) mass is 193 g/mol. The van der Waals surface area contributed by atoms with Gasteiger partial charge in [0.05, 0.1) is 27.9 Å². The summed E-state index contributed by atoms with van der Waals surface area (Å²) in [6.45, 7) is 6.94. The molecule has 0 radical (unpaired) electrons. The van der Waals surface area contributed by atoms with Crippen molar-refractivity contribution in [2.24, 2.45) is 0 Å². The van der Waals surface area contributed by atoms with Crippen LogP contribution in [0.15, 0.2) is 12.1 Å². The maximum atomic E-state index is 6.94. The Morgan fingerprint density at radius 2 is 1.64 bits per heavy atom. The number of ether oxygens (including phenoxy) is 3. The second kappa shape index (κ2) is 4.38. The number of hydrogen-bond acceptors (Lipinski definition) is 3. The minimum absolute atomic E-state index is 0.404. The first kappa shape index (κ1) is 10.2. The molecular weight excluding hydrogens is 182 g/mol. The van der Waals surface area contributed by atoms with Crippen LogP contribution in [0.1, 0.15) is 0 Å². The highest BCUT2D eigenvalue weighted by Crippen LogP contribution is 2.43. The molecule has 0 saturated carbocycles. The molecule has 1 aromatic rings. The maximum absolute atomic E-state index is 6.94. The summed E-state index contributed by atoms with van der Waals surface area (Å²) >= 11 is 0. The summed E-state index contributed by atoms with van der Waals surface area (Å²) in [6, 6.07) is 3.31. The zero-order valence-electron chi connectivity index (χ0n) is 8.33. The van der Waals surface area contributed by atoms with Crippen molar-refractivity contribution in [2.75, 3.05) is 21.3 Å². The van der Waals surface area contributed by atoms with Gasteiger partial charge in [0.25, 0.3) is 0 Å². The van der Waals surface area contributed by atoms with Gasteiger partial charge >= 0.3 is 0 Å². The first-order valence-electron chi connectivity index (χ1n) is 3.95. The predicted molar refractivity (Wildman–Crippen MR) is 52.4 cm³/mol. The molecule has 4 nitrogen and oxygen atoms in total. The summed E-state index contributed by atoms with van der Waals surface area (Å²) < 4.78 is 15.3. The summed E-state index contributed by atoms with van der Waals surface area (Å²) in [5.74, 6) is 1.40. The largest absolute Gasteiger partial charge is 0.504 e. The quantitative estimate of drug-likeness (QED) is 0.690. The van der Waals surface area contributed by atoms with Crippen LogP contribution in [-0.2, 0) is 0 Å². The Labute approximate surface area is 82.8 Å². The van der Waals surface area contributed by atoms with Gasteiger partial charge < -0.3 is 14.2 Å². The molecule has 0 bridgehead atoms. The zero-order chi connectivity index (χ0) is 10.6. The third kappa shape index (κ3) is 1.57. The van der Waals surface area contributed by atoms with Crippen LogP contribution >= 0.6 is 0 Å². The summed E-state index contributed by atoms with van der Waals surface area (Å²) in [4.78, 5) is 3.31. The lowest BCUT2D eigenvalue weighted by Crippen LogP contribution is -1.94. The molecule has 74 valence electrons. The highest BCUT2D eigenvalue weighted by molar-refractivity contribution is 5.68. The molecule has 0 saturated heterocycles. The van der Waals surface area contributed by atoms with Gasteiger partial charge in [0.15, 0.2) is 17.2 Å². The van der Waals surface area contributed by atoms with E-state index >= 15 is 0 Å². The second-order valence-electron chi connectivity index (χ2n) is 2.47. The molecule has 0 aromatic heterocycles. The predicted octanol–water partition coefficient (Wildman–Crippen LogP) is 2.26. The van der Waals surface area contributed by atoms with Gasteiger partial charge in [0.2, 0.25) is 5.69 Å².